The number of amides is 1. The first-order valence-electron chi connectivity index (χ1n) is 7.64. The van der Waals surface area contributed by atoms with Crippen LogP contribution in [0.2, 0.25) is 0 Å². The Kier molecular flexibility index (Phi) is 7.58. The van der Waals surface area contributed by atoms with Crippen molar-refractivity contribution in [3.05, 3.63) is 29.8 Å². The second-order valence-corrected chi connectivity index (χ2v) is 6.25. The molecule has 0 bridgehead atoms. The summed E-state index contributed by atoms with van der Waals surface area (Å²) in [5.41, 5.74) is 0.931. The summed E-state index contributed by atoms with van der Waals surface area (Å²) < 4.78 is 5.72. The predicted octanol–water partition coefficient (Wildman–Crippen LogP) is -1.57. The second-order valence-electron chi connectivity index (χ2n) is 6.25. The van der Waals surface area contributed by atoms with Gasteiger partial charge in [-0.15, -0.1) is 0 Å². The molecule has 120 valence electrons. The predicted molar refractivity (Wildman–Crippen MR) is 80.0 cm³/mol. The van der Waals surface area contributed by atoms with Gasteiger partial charge in [0.2, 0.25) is 5.91 Å². The van der Waals surface area contributed by atoms with E-state index in [4.69, 9.17) is 4.74 Å². The summed E-state index contributed by atoms with van der Waals surface area (Å²) in [4.78, 5) is 23.3. The number of carbonyl (C=O) groups excluding carboxylic acids is 2. The van der Waals surface area contributed by atoms with Gasteiger partial charge in [-0.05, 0) is 31.7 Å². The minimum atomic E-state index is -1.20. The normalized spacial score (nSPS) is 20.2. The van der Waals surface area contributed by atoms with Gasteiger partial charge in [0.1, 0.15) is 11.9 Å². The second kappa shape index (κ2) is 8.71. The van der Waals surface area contributed by atoms with E-state index in [1.165, 1.54) is 0 Å². The van der Waals surface area contributed by atoms with Crippen molar-refractivity contribution in [3.63, 3.8) is 0 Å². The van der Waals surface area contributed by atoms with Crippen LogP contribution in [0.5, 0.6) is 5.75 Å². The molecule has 1 aliphatic rings. The molecule has 0 fully saturated rings. The quantitative estimate of drug-likeness (QED) is 0.641. The summed E-state index contributed by atoms with van der Waals surface area (Å²) in [6.45, 7) is 5.82. The maximum absolute atomic E-state index is 12.5. The molecule has 1 N–H and O–H groups in total. The van der Waals surface area contributed by atoms with Gasteiger partial charge < -0.3 is 20.0 Å². The van der Waals surface area contributed by atoms with E-state index in [9.17, 15) is 14.7 Å². The van der Waals surface area contributed by atoms with Crippen LogP contribution in [-0.2, 0) is 9.59 Å². The number of carboxylic acid groups (broad SMARTS) is 1. The van der Waals surface area contributed by atoms with Gasteiger partial charge in [0, 0.05) is 17.5 Å². The van der Waals surface area contributed by atoms with Crippen LogP contribution in [0, 0.1) is 11.8 Å². The molecule has 1 amide bonds. The first-order valence-corrected chi connectivity index (χ1v) is 7.64. The molecule has 1 aliphatic heterocycles. The standard InChI is InChI=1S/C17H23NO4.Na/c1-10(2)8-12(9-15(19)20)17(21)18-16-11(3)22-14-7-5-4-6-13(14)16;/h4-7,10-12,16H,8-9H2,1-3H3,(H,18,21)(H,19,20);/q;+1/p-1. The van der Waals surface area contributed by atoms with E-state index in [0.717, 1.165) is 11.3 Å². The van der Waals surface area contributed by atoms with E-state index in [-0.39, 0.29) is 59.9 Å². The number of hydrogen-bond acceptors (Lipinski definition) is 4. The molecule has 3 atom stereocenters. The summed E-state index contributed by atoms with van der Waals surface area (Å²) in [6, 6.07) is 7.31. The van der Waals surface area contributed by atoms with Crippen LogP contribution in [0.25, 0.3) is 0 Å². The number of aliphatic carboxylic acids is 1. The van der Waals surface area contributed by atoms with E-state index in [1.807, 2.05) is 45.0 Å². The van der Waals surface area contributed by atoms with E-state index >= 15 is 0 Å². The number of carboxylic acids is 1. The third-order valence-corrected chi connectivity index (χ3v) is 3.87. The number of rotatable bonds is 6. The van der Waals surface area contributed by atoms with Crippen LogP contribution in [0.15, 0.2) is 24.3 Å². The molecule has 0 saturated heterocycles. The van der Waals surface area contributed by atoms with Crippen LogP contribution in [-0.4, -0.2) is 18.0 Å². The Balaban J connectivity index is 0.00000264. The monoisotopic (exact) mass is 327 g/mol. The molecular formula is C17H22NNaO4. The van der Waals surface area contributed by atoms with Gasteiger partial charge in [-0.2, -0.15) is 0 Å². The van der Waals surface area contributed by atoms with Crippen LogP contribution < -0.4 is 44.7 Å². The first-order chi connectivity index (χ1) is 10.4. The van der Waals surface area contributed by atoms with Gasteiger partial charge in [0.05, 0.1) is 6.04 Å². The Morgan fingerprint density at radius 1 is 1.30 bits per heavy atom. The third-order valence-electron chi connectivity index (χ3n) is 3.87. The van der Waals surface area contributed by atoms with Gasteiger partial charge >= 0.3 is 29.6 Å². The largest absolute Gasteiger partial charge is 1.00 e. The summed E-state index contributed by atoms with van der Waals surface area (Å²) in [7, 11) is 0. The fraction of sp³-hybridized carbons (Fsp3) is 0.529. The Morgan fingerprint density at radius 2 is 1.96 bits per heavy atom. The van der Waals surface area contributed by atoms with Crippen molar-refractivity contribution >= 4 is 11.9 Å². The molecule has 1 aromatic rings. The summed E-state index contributed by atoms with van der Waals surface area (Å²) >= 11 is 0. The van der Waals surface area contributed by atoms with Crippen LogP contribution in [0.4, 0.5) is 0 Å². The van der Waals surface area contributed by atoms with Crippen molar-refractivity contribution in [2.24, 2.45) is 11.8 Å². The van der Waals surface area contributed by atoms with E-state index < -0.39 is 11.9 Å². The smallest absolute Gasteiger partial charge is 0.550 e. The Hall–Kier alpha value is -1.04. The minimum Gasteiger partial charge on any atom is -0.550 e. The SMILES string of the molecule is CC(C)CC(CC(=O)[O-])C(=O)NC1c2ccccc2OC1C.[Na+]. The topological polar surface area (TPSA) is 78.5 Å². The number of nitrogens with one attached hydrogen (secondary N) is 1. The summed E-state index contributed by atoms with van der Waals surface area (Å²) in [5.74, 6) is -1.03. The Labute approximate surface area is 159 Å². The zero-order valence-corrected chi connectivity index (χ0v) is 16.2. The Bertz CT molecular complexity index is 561. The van der Waals surface area contributed by atoms with Gasteiger partial charge in [-0.25, -0.2) is 0 Å². The zero-order valence-electron chi connectivity index (χ0n) is 14.2. The molecule has 0 aliphatic carbocycles. The molecule has 0 radical (unpaired) electrons. The minimum absolute atomic E-state index is 0. The molecular weight excluding hydrogens is 305 g/mol. The molecule has 6 heteroatoms. The summed E-state index contributed by atoms with van der Waals surface area (Å²) in [6.07, 6.45) is 0.0841. The fourth-order valence-corrected chi connectivity index (χ4v) is 2.89. The van der Waals surface area contributed by atoms with Crippen LogP contribution in [0.1, 0.15) is 45.2 Å². The van der Waals surface area contributed by atoms with Gasteiger partial charge in [-0.1, -0.05) is 32.0 Å². The molecule has 0 spiro atoms. The third kappa shape index (κ3) is 5.23. The van der Waals surface area contributed by atoms with Gasteiger partial charge in [0.25, 0.3) is 0 Å². The van der Waals surface area contributed by atoms with E-state index in [1.54, 1.807) is 0 Å². The maximum atomic E-state index is 12.5. The first kappa shape index (κ1) is 20.0. The maximum Gasteiger partial charge on any atom is 1.00 e. The average Bonchev–Trinajstić information content (AvgIpc) is 2.73. The molecule has 23 heavy (non-hydrogen) atoms. The number of carbonyl (C=O) groups is 2. The van der Waals surface area contributed by atoms with Crippen LogP contribution in [0.3, 0.4) is 0 Å². The van der Waals surface area contributed by atoms with Crippen LogP contribution >= 0.6 is 0 Å². The fourth-order valence-electron chi connectivity index (χ4n) is 2.89. The average molecular weight is 327 g/mol. The van der Waals surface area contributed by atoms with Crippen molar-refractivity contribution in [2.75, 3.05) is 0 Å². The van der Waals surface area contributed by atoms with Crippen molar-refractivity contribution in [1.82, 2.24) is 5.32 Å². The number of benzene rings is 1. The van der Waals surface area contributed by atoms with Crippen molar-refractivity contribution in [1.29, 1.82) is 0 Å². The van der Waals surface area contributed by atoms with Gasteiger partial charge in [0.15, 0.2) is 0 Å². The molecule has 5 nitrogen and oxygen atoms in total. The van der Waals surface area contributed by atoms with Crippen molar-refractivity contribution in [2.45, 2.75) is 45.8 Å². The molecule has 1 heterocycles. The molecule has 2 rings (SSSR count). The van der Waals surface area contributed by atoms with Crippen molar-refractivity contribution < 1.29 is 49.0 Å². The number of hydrogen-bond donors (Lipinski definition) is 1. The van der Waals surface area contributed by atoms with Crippen molar-refractivity contribution in [3.8, 4) is 5.75 Å². The summed E-state index contributed by atoms with van der Waals surface area (Å²) in [5, 5.41) is 13.8. The molecule has 1 aromatic carbocycles. The molecule has 3 unspecified atom stereocenters. The number of ether oxygens (including phenoxy) is 1. The van der Waals surface area contributed by atoms with Gasteiger partial charge in [-0.3, -0.25) is 4.79 Å². The number of para-hydroxylation sites is 1. The van der Waals surface area contributed by atoms with E-state index in [2.05, 4.69) is 5.32 Å². The zero-order chi connectivity index (χ0) is 16.3. The molecule has 0 saturated carbocycles. The molecule has 0 aromatic heterocycles. The Morgan fingerprint density at radius 3 is 2.57 bits per heavy atom. The van der Waals surface area contributed by atoms with E-state index in [0.29, 0.717) is 6.42 Å². The number of fused-ring (bicyclic) bond motifs is 1.